The molecule has 0 spiro atoms. The van der Waals surface area contributed by atoms with Crippen molar-refractivity contribution < 1.29 is 4.79 Å². The monoisotopic (exact) mass is 297 g/mol. The van der Waals surface area contributed by atoms with E-state index in [2.05, 4.69) is 42.8 Å². The Morgan fingerprint density at radius 2 is 1.81 bits per heavy atom. The number of carbonyl (C=O) groups is 1. The Labute approximate surface area is 131 Å². The number of amides is 1. The van der Waals surface area contributed by atoms with Gasteiger partial charge in [-0.15, -0.1) is 0 Å². The van der Waals surface area contributed by atoms with Gasteiger partial charge in [-0.1, -0.05) is 13.8 Å². The zero-order valence-corrected chi connectivity index (χ0v) is 14.7. The van der Waals surface area contributed by atoms with Crippen LogP contribution in [0, 0.1) is 0 Å². The van der Waals surface area contributed by atoms with Crippen LogP contribution in [0.15, 0.2) is 0 Å². The summed E-state index contributed by atoms with van der Waals surface area (Å²) in [6, 6.07) is 0.715. The van der Waals surface area contributed by atoms with Crippen molar-refractivity contribution in [1.82, 2.24) is 15.1 Å². The third-order valence-electron chi connectivity index (χ3n) is 4.81. The summed E-state index contributed by atoms with van der Waals surface area (Å²) >= 11 is 0. The quantitative estimate of drug-likeness (QED) is 0.699. The summed E-state index contributed by atoms with van der Waals surface area (Å²) in [5.41, 5.74) is 0. The standard InChI is InChI=1S/C17H35N3O/c1-6-19(7-2)13-9-12-18-16(5)17(21)20-14(3)10-8-11-15(20)4/h14-16,18H,6-13H2,1-5H3. The maximum Gasteiger partial charge on any atom is 0.239 e. The smallest absolute Gasteiger partial charge is 0.239 e. The molecule has 124 valence electrons. The van der Waals surface area contributed by atoms with Crippen LogP contribution >= 0.6 is 0 Å². The second-order valence-corrected chi connectivity index (χ2v) is 6.43. The molecule has 1 saturated heterocycles. The zero-order valence-electron chi connectivity index (χ0n) is 14.7. The minimum Gasteiger partial charge on any atom is -0.336 e. The molecular formula is C17H35N3O. The van der Waals surface area contributed by atoms with Gasteiger partial charge in [0.2, 0.25) is 5.91 Å². The van der Waals surface area contributed by atoms with E-state index < -0.39 is 0 Å². The predicted molar refractivity (Wildman–Crippen MR) is 89.5 cm³/mol. The van der Waals surface area contributed by atoms with E-state index in [1.54, 1.807) is 0 Å². The number of hydrogen-bond acceptors (Lipinski definition) is 3. The molecule has 4 nitrogen and oxygen atoms in total. The van der Waals surface area contributed by atoms with Crippen molar-refractivity contribution in [2.45, 2.75) is 78.4 Å². The van der Waals surface area contributed by atoms with Gasteiger partial charge in [0, 0.05) is 12.1 Å². The van der Waals surface area contributed by atoms with Gasteiger partial charge in [0.05, 0.1) is 6.04 Å². The van der Waals surface area contributed by atoms with E-state index in [-0.39, 0.29) is 11.9 Å². The van der Waals surface area contributed by atoms with Crippen LogP contribution in [0.1, 0.15) is 60.3 Å². The number of carbonyl (C=O) groups excluding carboxylic acids is 1. The van der Waals surface area contributed by atoms with Crippen LogP contribution in [0.2, 0.25) is 0 Å². The molecule has 0 bridgehead atoms. The van der Waals surface area contributed by atoms with Crippen LogP contribution in [-0.4, -0.2) is 60.0 Å². The molecule has 0 aromatic carbocycles. The lowest BCUT2D eigenvalue weighted by Crippen LogP contribution is -2.54. The topological polar surface area (TPSA) is 35.6 Å². The first-order valence-corrected chi connectivity index (χ1v) is 8.79. The van der Waals surface area contributed by atoms with Gasteiger partial charge in [-0.25, -0.2) is 0 Å². The minimum absolute atomic E-state index is 0.0651. The van der Waals surface area contributed by atoms with E-state index in [1.807, 2.05) is 6.92 Å². The second kappa shape index (κ2) is 9.42. The van der Waals surface area contributed by atoms with Gasteiger partial charge >= 0.3 is 0 Å². The molecule has 4 heteroatoms. The van der Waals surface area contributed by atoms with Gasteiger partial charge < -0.3 is 15.1 Å². The first-order chi connectivity index (χ1) is 10.0. The Morgan fingerprint density at radius 1 is 1.24 bits per heavy atom. The molecule has 1 fully saturated rings. The van der Waals surface area contributed by atoms with Gasteiger partial charge in [0.15, 0.2) is 0 Å². The largest absolute Gasteiger partial charge is 0.336 e. The zero-order chi connectivity index (χ0) is 15.8. The third kappa shape index (κ3) is 5.59. The van der Waals surface area contributed by atoms with Crippen LogP contribution in [-0.2, 0) is 4.79 Å². The molecule has 1 aliphatic rings. The van der Waals surface area contributed by atoms with Gasteiger partial charge in [-0.3, -0.25) is 4.79 Å². The van der Waals surface area contributed by atoms with Gasteiger partial charge in [-0.2, -0.15) is 0 Å². The van der Waals surface area contributed by atoms with Crippen molar-refractivity contribution in [1.29, 1.82) is 0 Å². The van der Waals surface area contributed by atoms with Crippen LogP contribution < -0.4 is 5.32 Å². The summed E-state index contributed by atoms with van der Waals surface area (Å²) < 4.78 is 0. The predicted octanol–water partition coefficient (Wildman–Crippen LogP) is 2.49. The number of nitrogens with one attached hydrogen (secondary N) is 1. The second-order valence-electron chi connectivity index (χ2n) is 6.43. The Balaban J connectivity index is 2.33. The number of hydrogen-bond donors (Lipinski definition) is 1. The molecule has 0 aliphatic carbocycles. The number of rotatable bonds is 8. The van der Waals surface area contributed by atoms with Crippen LogP contribution in [0.25, 0.3) is 0 Å². The summed E-state index contributed by atoms with van der Waals surface area (Å²) in [7, 11) is 0. The van der Waals surface area contributed by atoms with Crippen LogP contribution in [0.4, 0.5) is 0 Å². The molecule has 0 saturated carbocycles. The SMILES string of the molecule is CCN(CC)CCCNC(C)C(=O)N1C(C)CCCC1C. The fraction of sp³-hybridized carbons (Fsp3) is 0.941. The third-order valence-corrected chi connectivity index (χ3v) is 4.81. The molecule has 3 atom stereocenters. The molecule has 0 aromatic heterocycles. The molecule has 21 heavy (non-hydrogen) atoms. The van der Waals surface area contributed by atoms with Crippen molar-refractivity contribution in [3.63, 3.8) is 0 Å². The number of piperidine rings is 1. The highest BCUT2D eigenvalue weighted by molar-refractivity contribution is 5.82. The normalized spacial score (nSPS) is 24.4. The van der Waals surface area contributed by atoms with Gasteiger partial charge in [0.1, 0.15) is 0 Å². The first-order valence-electron chi connectivity index (χ1n) is 8.79. The molecule has 1 amide bonds. The molecule has 1 N–H and O–H groups in total. The molecular weight excluding hydrogens is 262 g/mol. The van der Waals surface area contributed by atoms with E-state index in [0.29, 0.717) is 12.1 Å². The minimum atomic E-state index is -0.0651. The molecule has 3 unspecified atom stereocenters. The van der Waals surface area contributed by atoms with Crippen LogP contribution in [0.5, 0.6) is 0 Å². The molecule has 0 aromatic rings. The van der Waals surface area contributed by atoms with E-state index in [9.17, 15) is 4.79 Å². The molecule has 0 radical (unpaired) electrons. The Kier molecular flexibility index (Phi) is 8.27. The Bertz CT molecular complexity index is 294. The maximum atomic E-state index is 12.6. The Morgan fingerprint density at radius 3 is 2.33 bits per heavy atom. The van der Waals surface area contributed by atoms with E-state index in [1.165, 1.54) is 6.42 Å². The van der Waals surface area contributed by atoms with Gasteiger partial charge in [-0.05, 0) is 72.6 Å². The number of nitrogens with zero attached hydrogens (tertiary/aromatic N) is 2. The average molecular weight is 297 g/mol. The van der Waals surface area contributed by atoms with Gasteiger partial charge in [0.25, 0.3) is 0 Å². The summed E-state index contributed by atoms with van der Waals surface area (Å²) in [5, 5.41) is 3.41. The summed E-state index contributed by atoms with van der Waals surface area (Å²) in [5.74, 6) is 0.275. The highest BCUT2D eigenvalue weighted by Crippen LogP contribution is 2.23. The maximum absolute atomic E-state index is 12.6. The molecule has 1 heterocycles. The fourth-order valence-electron chi connectivity index (χ4n) is 3.33. The molecule has 1 rings (SSSR count). The lowest BCUT2D eigenvalue weighted by molar-refractivity contribution is -0.139. The lowest BCUT2D eigenvalue weighted by atomic mass is 9.96. The Hall–Kier alpha value is -0.610. The van der Waals surface area contributed by atoms with Crippen molar-refractivity contribution in [2.75, 3.05) is 26.2 Å². The van der Waals surface area contributed by atoms with Crippen molar-refractivity contribution in [3.8, 4) is 0 Å². The van der Waals surface area contributed by atoms with Crippen molar-refractivity contribution in [3.05, 3.63) is 0 Å². The van der Waals surface area contributed by atoms with E-state index >= 15 is 0 Å². The molecule has 1 aliphatic heterocycles. The van der Waals surface area contributed by atoms with E-state index in [0.717, 1.165) is 45.4 Å². The average Bonchev–Trinajstić information content (AvgIpc) is 2.46. The van der Waals surface area contributed by atoms with E-state index in [4.69, 9.17) is 0 Å². The highest BCUT2D eigenvalue weighted by Gasteiger charge is 2.31. The van der Waals surface area contributed by atoms with Crippen molar-refractivity contribution >= 4 is 5.91 Å². The van der Waals surface area contributed by atoms with Crippen molar-refractivity contribution in [2.24, 2.45) is 0 Å². The summed E-state index contributed by atoms with van der Waals surface area (Å²) in [4.78, 5) is 17.1. The lowest BCUT2D eigenvalue weighted by Gasteiger charge is -2.40. The number of likely N-dealkylation sites (tertiary alicyclic amines) is 1. The highest BCUT2D eigenvalue weighted by atomic mass is 16.2. The first kappa shape index (κ1) is 18.4. The fourth-order valence-corrected chi connectivity index (χ4v) is 3.33. The summed E-state index contributed by atoms with van der Waals surface area (Å²) in [6.45, 7) is 15.0. The van der Waals surface area contributed by atoms with Crippen LogP contribution in [0.3, 0.4) is 0 Å². The summed E-state index contributed by atoms with van der Waals surface area (Å²) in [6.07, 6.45) is 4.64.